The number of hydrogen-bond acceptors (Lipinski definition) is 4. The molecule has 2 atom stereocenters. The van der Waals surface area contributed by atoms with Crippen molar-refractivity contribution in [3.63, 3.8) is 0 Å². The van der Waals surface area contributed by atoms with Gasteiger partial charge in [0.1, 0.15) is 0 Å². The molecule has 0 saturated carbocycles. The Morgan fingerprint density at radius 3 is 2.57 bits per heavy atom. The third-order valence-electron chi connectivity index (χ3n) is 1.54. The van der Waals surface area contributed by atoms with Crippen LogP contribution >= 0.6 is 30.1 Å². The third kappa shape index (κ3) is 7.04. The molecule has 7 heteroatoms. The molecule has 0 heterocycles. The standard InChI is InChI=1S/C7H14INO3S2/c1-3-4-7(13-8)6(2)5-12-14(9,10)11/h3-4,6-7H,5H2,1-2H3,(H2,9,10,11). The van der Waals surface area contributed by atoms with E-state index in [1.807, 2.05) is 26.0 Å². The Labute approximate surface area is 101 Å². The maximum Gasteiger partial charge on any atom is 0.333 e. The van der Waals surface area contributed by atoms with Gasteiger partial charge in [0, 0.05) is 5.25 Å². The van der Waals surface area contributed by atoms with E-state index in [0.717, 1.165) is 0 Å². The van der Waals surface area contributed by atoms with E-state index >= 15 is 0 Å². The molecular formula is C7H14INO3S2. The molecule has 0 aromatic rings. The fourth-order valence-corrected chi connectivity index (χ4v) is 3.68. The summed E-state index contributed by atoms with van der Waals surface area (Å²) in [5.41, 5.74) is 0. The molecule has 0 aliphatic heterocycles. The van der Waals surface area contributed by atoms with Crippen molar-refractivity contribution in [1.29, 1.82) is 0 Å². The summed E-state index contributed by atoms with van der Waals surface area (Å²) in [5, 5.41) is 4.96. The van der Waals surface area contributed by atoms with E-state index in [0.29, 0.717) is 0 Å². The number of hydrogen-bond donors (Lipinski definition) is 1. The highest BCUT2D eigenvalue weighted by molar-refractivity contribution is 14.2. The lowest BCUT2D eigenvalue weighted by atomic mass is 10.1. The molecule has 0 radical (unpaired) electrons. The molecular weight excluding hydrogens is 337 g/mol. The fraction of sp³-hybridized carbons (Fsp3) is 0.714. The molecule has 4 nitrogen and oxygen atoms in total. The van der Waals surface area contributed by atoms with Crippen LogP contribution in [0.4, 0.5) is 0 Å². The Bertz CT molecular complexity index is 279. The molecule has 0 amide bonds. The predicted octanol–water partition coefficient (Wildman–Crippen LogP) is 1.87. The van der Waals surface area contributed by atoms with Gasteiger partial charge in [-0.1, -0.05) is 28.0 Å². The fourth-order valence-electron chi connectivity index (χ4n) is 0.794. The van der Waals surface area contributed by atoms with Gasteiger partial charge in [-0.25, -0.2) is 5.14 Å². The molecule has 0 bridgehead atoms. The van der Waals surface area contributed by atoms with Crippen molar-refractivity contribution in [2.75, 3.05) is 6.61 Å². The van der Waals surface area contributed by atoms with Crippen LogP contribution in [0.3, 0.4) is 0 Å². The minimum absolute atomic E-state index is 0.103. The maximum absolute atomic E-state index is 10.5. The highest BCUT2D eigenvalue weighted by Gasteiger charge is 2.16. The number of rotatable bonds is 6. The minimum atomic E-state index is -3.81. The Morgan fingerprint density at radius 1 is 1.64 bits per heavy atom. The summed E-state index contributed by atoms with van der Waals surface area (Å²) in [6.45, 7) is 3.96. The summed E-state index contributed by atoms with van der Waals surface area (Å²) in [7, 11) is -2.19. The number of allylic oxidation sites excluding steroid dienone is 1. The number of halogens is 1. The van der Waals surface area contributed by atoms with E-state index in [9.17, 15) is 8.42 Å². The molecule has 0 aromatic heterocycles. The van der Waals surface area contributed by atoms with Crippen molar-refractivity contribution < 1.29 is 12.6 Å². The highest BCUT2D eigenvalue weighted by Crippen LogP contribution is 2.27. The van der Waals surface area contributed by atoms with Crippen LogP contribution in [0.2, 0.25) is 0 Å². The van der Waals surface area contributed by atoms with Crippen molar-refractivity contribution in [2.45, 2.75) is 19.1 Å². The van der Waals surface area contributed by atoms with Crippen LogP contribution in [0.1, 0.15) is 13.8 Å². The summed E-state index contributed by atoms with van der Waals surface area (Å²) in [6.07, 6.45) is 3.94. The Morgan fingerprint density at radius 2 is 2.21 bits per heavy atom. The van der Waals surface area contributed by atoms with E-state index < -0.39 is 10.3 Å². The largest absolute Gasteiger partial charge is 0.333 e. The molecule has 14 heavy (non-hydrogen) atoms. The zero-order valence-electron chi connectivity index (χ0n) is 8.01. The molecule has 0 saturated heterocycles. The lowest BCUT2D eigenvalue weighted by Crippen LogP contribution is -2.23. The van der Waals surface area contributed by atoms with Crippen molar-refractivity contribution in [2.24, 2.45) is 11.1 Å². The lowest BCUT2D eigenvalue weighted by molar-refractivity contribution is 0.269. The highest BCUT2D eigenvalue weighted by atomic mass is 127. The molecule has 0 rings (SSSR count). The van der Waals surface area contributed by atoms with Gasteiger partial charge in [0.15, 0.2) is 0 Å². The van der Waals surface area contributed by atoms with Gasteiger partial charge in [0.2, 0.25) is 0 Å². The van der Waals surface area contributed by atoms with Crippen molar-refractivity contribution in [3.05, 3.63) is 12.2 Å². The van der Waals surface area contributed by atoms with Crippen LogP contribution in [0, 0.1) is 5.92 Å². The van der Waals surface area contributed by atoms with Crippen LogP contribution in [-0.4, -0.2) is 20.3 Å². The second-order valence-corrected chi connectivity index (χ2v) is 6.30. The van der Waals surface area contributed by atoms with Gasteiger partial charge >= 0.3 is 10.3 Å². The summed E-state index contributed by atoms with van der Waals surface area (Å²) in [6, 6.07) is 0. The van der Waals surface area contributed by atoms with E-state index in [1.165, 1.54) is 0 Å². The molecule has 0 fully saturated rings. The quantitative estimate of drug-likeness (QED) is 0.586. The number of nitrogens with two attached hydrogens (primary N) is 1. The molecule has 2 unspecified atom stereocenters. The molecule has 0 aliphatic carbocycles. The Kier molecular flexibility index (Phi) is 7.39. The monoisotopic (exact) mass is 351 g/mol. The first-order chi connectivity index (χ1) is 6.40. The SMILES string of the molecule is CC=CC(SI)C(C)COS(N)(=O)=O. The average Bonchev–Trinajstić information content (AvgIpc) is 2.09. The van der Waals surface area contributed by atoms with Crippen LogP contribution in [-0.2, 0) is 14.5 Å². The lowest BCUT2D eigenvalue weighted by Gasteiger charge is -2.16. The van der Waals surface area contributed by atoms with Gasteiger partial charge in [0.05, 0.1) is 6.61 Å². The van der Waals surface area contributed by atoms with Crippen molar-refractivity contribution in [3.8, 4) is 0 Å². The first-order valence-electron chi connectivity index (χ1n) is 3.98. The van der Waals surface area contributed by atoms with Crippen LogP contribution < -0.4 is 5.14 Å². The maximum atomic E-state index is 10.5. The molecule has 0 aromatic carbocycles. The van der Waals surface area contributed by atoms with Gasteiger partial charge in [-0.15, -0.1) is 0 Å². The smallest absolute Gasteiger partial charge is 0.258 e. The van der Waals surface area contributed by atoms with Crippen molar-refractivity contribution in [1.82, 2.24) is 0 Å². The van der Waals surface area contributed by atoms with Crippen molar-refractivity contribution >= 4 is 40.4 Å². The normalized spacial score (nSPS) is 17.1. The minimum Gasteiger partial charge on any atom is -0.258 e. The summed E-state index contributed by atoms with van der Waals surface area (Å²) in [4.78, 5) is 0. The van der Waals surface area contributed by atoms with Crippen LogP contribution in [0.5, 0.6) is 0 Å². The molecule has 0 aliphatic rings. The molecule has 2 N–H and O–H groups in total. The summed E-state index contributed by atoms with van der Waals surface area (Å²) in [5.74, 6) is 0.103. The molecule has 84 valence electrons. The Balaban J connectivity index is 4.11. The summed E-state index contributed by atoms with van der Waals surface area (Å²) < 4.78 is 25.6. The van der Waals surface area contributed by atoms with E-state index in [-0.39, 0.29) is 17.8 Å². The van der Waals surface area contributed by atoms with E-state index in [1.54, 1.807) is 8.93 Å². The van der Waals surface area contributed by atoms with Crippen LogP contribution in [0.25, 0.3) is 0 Å². The third-order valence-corrected chi connectivity index (χ3v) is 4.59. The average molecular weight is 351 g/mol. The zero-order valence-corrected chi connectivity index (χ0v) is 11.8. The second kappa shape index (κ2) is 7.04. The summed E-state index contributed by atoms with van der Waals surface area (Å²) >= 11 is 2.18. The molecule has 0 spiro atoms. The first-order valence-corrected chi connectivity index (χ1v) is 8.87. The van der Waals surface area contributed by atoms with Gasteiger partial charge < -0.3 is 0 Å². The van der Waals surface area contributed by atoms with Gasteiger partial charge in [-0.2, -0.15) is 8.42 Å². The van der Waals surface area contributed by atoms with E-state index in [4.69, 9.17) is 5.14 Å². The topological polar surface area (TPSA) is 69.4 Å². The van der Waals surface area contributed by atoms with Gasteiger partial charge in [0.25, 0.3) is 0 Å². The predicted molar refractivity (Wildman–Crippen MR) is 68.4 cm³/mol. The van der Waals surface area contributed by atoms with Gasteiger partial charge in [-0.3, -0.25) is 4.18 Å². The van der Waals surface area contributed by atoms with Crippen LogP contribution in [0.15, 0.2) is 12.2 Å². The van der Waals surface area contributed by atoms with E-state index in [2.05, 4.69) is 25.4 Å². The second-order valence-electron chi connectivity index (χ2n) is 2.83. The Hall–Kier alpha value is 0.690. The van der Waals surface area contributed by atoms with Gasteiger partial charge in [-0.05, 0) is 34.0 Å². The first kappa shape index (κ1) is 14.7. The zero-order chi connectivity index (χ0) is 11.2.